The molecule has 1 aromatic rings. The first-order chi connectivity index (χ1) is 10.0. The Kier molecular flexibility index (Phi) is 5.37. The molecule has 0 spiro atoms. The third kappa shape index (κ3) is 4.05. The lowest BCUT2D eigenvalue weighted by Gasteiger charge is -2.21. The molecule has 1 amide bonds. The SMILES string of the molecule is CC1CC(CN)CN1C(=O)CCC(=O)c1ccc(Cl)cc1. The lowest BCUT2D eigenvalue weighted by Crippen LogP contribution is -2.34. The minimum atomic E-state index is -0.0257. The average molecular weight is 309 g/mol. The molecule has 2 unspecified atom stereocenters. The van der Waals surface area contributed by atoms with Crippen molar-refractivity contribution in [1.82, 2.24) is 4.90 Å². The molecule has 1 aliphatic heterocycles. The Hall–Kier alpha value is -1.39. The van der Waals surface area contributed by atoms with Gasteiger partial charge in [0.05, 0.1) is 0 Å². The van der Waals surface area contributed by atoms with Crippen molar-refractivity contribution in [1.29, 1.82) is 0 Å². The maximum atomic E-state index is 12.2. The van der Waals surface area contributed by atoms with Gasteiger partial charge in [0.2, 0.25) is 5.91 Å². The molecule has 1 fully saturated rings. The van der Waals surface area contributed by atoms with Crippen molar-refractivity contribution < 1.29 is 9.59 Å². The molecule has 5 heteroatoms. The summed E-state index contributed by atoms with van der Waals surface area (Å²) < 4.78 is 0. The molecule has 2 atom stereocenters. The molecule has 114 valence electrons. The second-order valence-corrected chi connectivity index (χ2v) is 6.10. The van der Waals surface area contributed by atoms with E-state index < -0.39 is 0 Å². The van der Waals surface area contributed by atoms with Crippen LogP contribution in [-0.2, 0) is 4.79 Å². The van der Waals surface area contributed by atoms with Crippen LogP contribution in [0.3, 0.4) is 0 Å². The molecule has 1 aromatic carbocycles. The zero-order valence-electron chi connectivity index (χ0n) is 12.2. The smallest absolute Gasteiger partial charge is 0.223 e. The molecule has 0 aliphatic carbocycles. The topological polar surface area (TPSA) is 63.4 Å². The summed E-state index contributed by atoms with van der Waals surface area (Å²) in [6.07, 6.45) is 1.44. The van der Waals surface area contributed by atoms with Crippen molar-refractivity contribution in [3.63, 3.8) is 0 Å². The zero-order chi connectivity index (χ0) is 15.4. The second-order valence-electron chi connectivity index (χ2n) is 5.66. The van der Waals surface area contributed by atoms with Gasteiger partial charge in [-0.3, -0.25) is 9.59 Å². The first kappa shape index (κ1) is 16.0. The van der Waals surface area contributed by atoms with Crippen LogP contribution >= 0.6 is 11.6 Å². The van der Waals surface area contributed by atoms with E-state index >= 15 is 0 Å². The zero-order valence-corrected chi connectivity index (χ0v) is 13.0. The largest absolute Gasteiger partial charge is 0.340 e. The molecule has 0 aromatic heterocycles. The van der Waals surface area contributed by atoms with E-state index in [1.54, 1.807) is 24.3 Å². The van der Waals surface area contributed by atoms with Gasteiger partial charge in [-0.05, 0) is 50.1 Å². The van der Waals surface area contributed by atoms with Crippen LogP contribution in [0.1, 0.15) is 36.5 Å². The van der Waals surface area contributed by atoms with Crippen molar-refractivity contribution >= 4 is 23.3 Å². The van der Waals surface area contributed by atoms with Crippen LogP contribution in [0.2, 0.25) is 5.02 Å². The Bertz CT molecular complexity index is 516. The summed E-state index contributed by atoms with van der Waals surface area (Å²) in [7, 11) is 0. The van der Waals surface area contributed by atoms with Gasteiger partial charge in [0.15, 0.2) is 5.78 Å². The number of halogens is 1. The van der Waals surface area contributed by atoms with Crippen molar-refractivity contribution in [2.45, 2.75) is 32.2 Å². The first-order valence-corrected chi connectivity index (χ1v) is 7.67. The van der Waals surface area contributed by atoms with Crippen LogP contribution in [0.4, 0.5) is 0 Å². The molecule has 0 saturated carbocycles. The second kappa shape index (κ2) is 7.05. The highest BCUT2D eigenvalue weighted by atomic mass is 35.5. The Balaban J connectivity index is 1.86. The number of ketones is 1. The molecular formula is C16H21ClN2O2. The predicted molar refractivity (Wildman–Crippen MR) is 83.4 cm³/mol. The summed E-state index contributed by atoms with van der Waals surface area (Å²) in [5.74, 6) is 0.402. The number of rotatable bonds is 5. The molecule has 0 radical (unpaired) electrons. The monoisotopic (exact) mass is 308 g/mol. The van der Waals surface area contributed by atoms with Crippen molar-refractivity contribution in [2.24, 2.45) is 11.7 Å². The van der Waals surface area contributed by atoms with Crippen molar-refractivity contribution in [2.75, 3.05) is 13.1 Å². The predicted octanol–water partition coefficient (Wildman–Crippen LogP) is 2.50. The molecule has 21 heavy (non-hydrogen) atoms. The highest BCUT2D eigenvalue weighted by molar-refractivity contribution is 6.30. The van der Waals surface area contributed by atoms with Gasteiger partial charge < -0.3 is 10.6 Å². The third-order valence-corrected chi connectivity index (χ3v) is 4.30. The van der Waals surface area contributed by atoms with Crippen LogP contribution in [0.5, 0.6) is 0 Å². The Labute approximate surface area is 130 Å². The molecule has 0 bridgehead atoms. The molecular weight excluding hydrogens is 288 g/mol. The summed E-state index contributed by atoms with van der Waals surface area (Å²) in [5.41, 5.74) is 6.26. The number of likely N-dealkylation sites (tertiary alicyclic amines) is 1. The van der Waals surface area contributed by atoms with Gasteiger partial charge in [0, 0.05) is 36.0 Å². The highest BCUT2D eigenvalue weighted by Crippen LogP contribution is 2.23. The molecule has 2 N–H and O–H groups in total. The van der Waals surface area contributed by atoms with Crippen molar-refractivity contribution in [3.8, 4) is 0 Å². The van der Waals surface area contributed by atoms with Gasteiger partial charge >= 0.3 is 0 Å². The molecule has 1 aliphatic rings. The van der Waals surface area contributed by atoms with Gasteiger partial charge in [-0.1, -0.05) is 11.6 Å². The maximum Gasteiger partial charge on any atom is 0.223 e. The van der Waals surface area contributed by atoms with Gasteiger partial charge in [-0.2, -0.15) is 0 Å². The van der Waals surface area contributed by atoms with Gasteiger partial charge in [0.1, 0.15) is 0 Å². The number of hydrogen-bond donors (Lipinski definition) is 1. The lowest BCUT2D eigenvalue weighted by molar-refractivity contribution is -0.131. The standard InChI is InChI=1S/C16H21ClN2O2/c1-11-8-12(9-18)10-19(11)16(21)7-6-15(20)13-2-4-14(17)5-3-13/h2-5,11-12H,6-10,18H2,1H3. The maximum absolute atomic E-state index is 12.2. The van der Waals surface area contributed by atoms with Crippen molar-refractivity contribution in [3.05, 3.63) is 34.9 Å². The number of Topliss-reactive ketones (excluding diaryl/α,β-unsaturated/α-hetero) is 1. The summed E-state index contributed by atoms with van der Waals surface area (Å²) in [6, 6.07) is 6.98. The fraction of sp³-hybridized carbons (Fsp3) is 0.500. The molecule has 1 saturated heterocycles. The number of hydrogen-bond acceptors (Lipinski definition) is 3. The minimum Gasteiger partial charge on any atom is -0.340 e. The number of benzene rings is 1. The summed E-state index contributed by atoms with van der Waals surface area (Å²) in [5, 5.41) is 0.598. The van der Waals surface area contributed by atoms with E-state index in [9.17, 15) is 9.59 Å². The number of carbonyl (C=O) groups is 2. The lowest BCUT2D eigenvalue weighted by atomic mass is 10.1. The van der Waals surface area contributed by atoms with E-state index in [1.165, 1.54) is 0 Å². The first-order valence-electron chi connectivity index (χ1n) is 7.29. The normalized spacial score (nSPS) is 21.6. The van der Waals surface area contributed by atoms with Crippen LogP contribution < -0.4 is 5.73 Å². The molecule has 4 nitrogen and oxygen atoms in total. The summed E-state index contributed by atoms with van der Waals surface area (Å²) in [6.45, 7) is 3.36. The number of nitrogens with zero attached hydrogens (tertiary/aromatic N) is 1. The Morgan fingerprint density at radius 3 is 2.52 bits per heavy atom. The third-order valence-electron chi connectivity index (χ3n) is 4.05. The van der Waals surface area contributed by atoms with Crippen LogP contribution in [0.25, 0.3) is 0 Å². The van der Waals surface area contributed by atoms with Crippen LogP contribution in [-0.4, -0.2) is 35.7 Å². The van der Waals surface area contributed by atoms with Gasteiger partial charge in [-0.25, -0.2) is 0 Å². The van der Waals surface area contributed by atoms with E-state index in [2.05, 4.69) is 0 Å². The minimum absolute atomic E-state index is 0.0257. The van der Waals surface area contributed by atoms with E-state index in [-0.39, 0.29) is 30.6 Å². The van der Waals surface area contributed by atoms with E-state index in [0.29, 0.717) is 29.6 Å². The number of nitrogens with two attached hydrogens (primary N) is 1. The van der Waals surface area contributed by atoms with Crippen LogP contribution in [0, 0.1) is 5.92 Å². The summed E-state index contributed by atoms with van der Waals surface area (Å²) in [4.78, 5) is 26.1. The fourth-order valence-electron chi connectivity index (χ4n) is 2.80. The molecule has 2 rings (SSSR count). The van der Waals surface area contributed by atoms with E-state index in [1.807, 2.05) is 11.8 Å². The van der Waals surface area contributed by atoms with E-state index in [0.717, 1.165) is 6.42 Å². The highest BCUT2D eigenvalue weighted by Gasteiger charge is 2.31. The number of carbonyl (C=O) groups excluding carboxylic acids is 2. The van der Waals surface area contributed by atoms with Gasteiger partial charge in [-0.15, -0.1) is 0 Å². The van der Waals surface area contributed by atoms with E-state index in [4.69, 9.17) is 17.3 Å². The fourth-order valence-corrected chi connectivity index (χ4v) is 2.93. The average Bonchev–Trinajstić information content (AvgIpc) is 2.86. The van der Waals surface area contributed by atoms with Crippen LogP contribution in [0.15, 0.2) is 24.3 Å². The summed E-state index contributed by atoms with van der Waals surface area (Å²) >= 11 is 5.79. The Morgan fingerprint density at radius 1 is 1.29 bits per heavy atom. The Morgan fingerprint density at radius 2 is 1.95 bits per heavy atom. The van der Waals surface area contributed by atoms with Gasteiger partial charge in [0.25, 0.3) is 0 Å². The number of amides is 1. The molecule has 1 heterocycles. The quantitative estimate of drug-likeness (QED) is 0.850.